The van der Waals surface area contributed by atoms with Crippen LogP contribution in [0.3, 0.4) is 0 Å². The van der Waals surface area contributed by atoms with Crippen molar-refractivity contribution in [2.45, 2.75) is 43.2 Å². The Morgan fingerprint density at radius 1 is 1.30 bits per heavy atom. The number of nitrogens with one attached hydrogen (secondary N) is 1. The van der Waals surface area contributed by atoms with Gasteiger partial charge in [0.1, 0.15) is 5.82 Å². The first-order valence-electron chi connectivity index (χ1n) is 8.94. The van der Waals surface area contributed by atoms with Gasteiger partial charge < -0.3 is 10.4 Å². The number of hydrogen-bond acceptors (Lipinski definition) is 4. The molecule has 0 fully saturated rings. The molecule has 0 spiro atoms. The van der Waals surface area contributed by atoms with Crippen LogP contribution in [0.2, 0.25) is 0 Å². The molecule has 146 valence electrons. The molecule has 1 heterocycles. The van der Waals surface area contributed by atoms with Crippen molar-refractivity contribution >= 4 is 25.8 Å². The fourth-order valence-corrected chi connectivity index (χ4v) is 5.48. The van der Waals surface area contributed by atoms with Crippen molar-refractivity contribution in [3.05, 3.63) is 63.4 Å². The zero-order valence-electron chi connectivity index (χ0n) is 15.1. The average molecular weight is 456 g/mol. The Morgan fingerprint density at radius 2 is 2.07 bits per heavy atom. The Hall–Kier alpha value is -1.28. The fraction of sp³-hybridized carbons (Fsp3) is 0.400. The van der Waals surface area contributed by atoms with Crippen LogP contribution in [-0.2, 0) is 16.3 Å². The van der Waals surface area contributed by atoms with Crippen LogP contribution in [0.15, 0.2) is 45.8 Å². The van der Waals surface area contributed by atoms with Crippen molar-refractivity contribution < 1.29 is 17.9 Å². The number of sulfone groups is 1. The van der Waals surface area contributed by atoms with Crippen LogP contribution >= 0.6 is 15.9 Å². The summed E-state index contributed by atoms with van der Waals surface area (Å²) >= 11 is 3.40. The van der Waals surface area contributed by atoms with Gasteiger partial charge in [0.05, 0.1) is 16.8 Å². The first-order valence-corrected chi connectivity index (χ1v) is 11.4. The summed E-state index contributed by atoms with van der Waals surface area (Å²) in [6.45, 7) is 2.20. The minimum Gasteiger partial charge on any atom is -0.392 e. The number of aliphatic hydroxyl groups is 1. The molecule has 2 unspecified atom stereocenters. The zero-order chi connectivity index (χ0) is 19.6. The van der Waals surface area contributed by atoms with Crippen molar-refractivity contribution in [3.63, 3.8) is 0 Å². The van der Waals surface area contributed by atoms with E-state index in [0.717, 1.165) is 21.2 Å². The van der Waals surface area contributed by atoms with Gasteiger partial charge in [-0.25, -0.2) is 12.8 Å². The van der Waals surface area contributed by atoms with E-state index in [9.17, 15) is 17.9 Å². The van der Waals surface area contributed by atoms with E-state index in [4.69, 9.17) is 0 Å². The largest absolute Gasteiger partial charge is 0.392 e. The lowest BCUT2D eigenvalue weighted by Crippen LogP contribution is -2.34. The molecule has 0 amide bonds. The lowest BCUT2D eigenvalue weighted by atomic mass is 10.0. The SMILES string of the molecule is Cc1cc(F)cc(CCC(O)CNC2CCS(=O)(=O)c3ccc(Br)cc32)c1. The molecule has 2 aromatic carbocycles. The summed E-state index contributed by atoms with van der Waals surface area (Å²) in [5, 5.41) is 13.6. The van der Waals surface area contributed by atoms with E-state index in [1.54, 1.807) is 12.1 Å². The molecule has 0 aliphatic carbocycles. The van der Waals surface area contributed by atoms with Crippen molar-refractivity contribution in [1.82, 2.24) is 5.32 Å². The minimum atomic E-state index is -3.24. The lowest BCUT2D eigenvalue weighted by molar-refractivity contribution is 0.157. The van der Waals surface area contributed by atoms with Crippen LogP contribution in [0.4, 0.5) is 4.39 Å². The third kappa shape index (κ3) is 5.16. The summed E-state index contributed by atoms with van der Waals surface area (Å²) in [5.74, 6) is -0.166. The first-order chi connectivity index (χ1) is 12.7. The molecule has 0 saturated heterocycles. The second kappa shape index (κ2) is 8.39. The number of rotatable bonds is 6. The molecule has 7 heteroatoms. The summed E-state index contributed by atoms with van der Waals surface area (Å²) in [6, 6.07) is 9.96. The van der Waals surface area contributed by atoms with Crippen molar-refractivity contribution in [2.24, 2.45) is 0 Å². The highest BCUT2D eigenvalue weighted by molar-refractivity contribution is 9.10. The van der Waals surface area contributed by atoms with E-state index in [0.29, 0.717) is 30.7 Å². The molecule has 4 nitrogen and oxygen atoms in total. The number of fused-ring (bicyclic) bond motifs is 1. The maximum Gasteiger partial charge on any atom is 0.178 e. The average Bonchev–Trinajstić information content (AvgIpc) is 2.58. The molecule has 0 saturated carbocycles. The standard InChI is InChI=1S/C20H23BrFNO3S/c1-13-8-14(10-16(22)9-13)2-4-17(24)12-23-19-6-7-27(25,26)20-5-3-15(21)11-18(19)20/h3,5,8-11,17,19,23-24H,2,4,6-7,12H2,1H3. The van der Waals surface area contributed by atoms with Crippen LogP contribution in [0, 0.1) is 12.7 Å². The molecule has 0 radical (unpaired) electrons. The van der Waals surface area contributed by atoms with Gasteiger partial charge in [0.15, 0.2) is 9.84 Å². The van der Waals surface area contributed by atoms with E-state index in [2.05, 4.69) is 21.2 Å². The number of benzene rings is 2. The number of aliphatic hydroxyl groups excluding tert-OH is 1. The van der Waals surface area contributed by atoms with Crippen LogP contribution in [-0.4, -0.2) is 31.9 Å². The minimum absolute atomic E-state index is 0.0952. The smallest absolute Gasteiger partial charge is 0.178 e. The Morgan fingerprint density at radius 3 is 2.81 bits per heavy atom. The Balaban J connectivity index is 1.61. The number of halogens is 2. The third-order valence-electron chi connectivity index (χ3n) is 4.83. The highest BCUT2D eigenvalue weighted by Crippen LogP contribution is 2.34. The van der Waals surface area contributed by atoms with E-state index >= 15 is 0 Å². The molecule has 0 bridgehead atoms. The van der Waals surface area contributed by atoms with E-state index in [1.165, 1.54) is 12.1 Å². The number of aryl methyl sites for hydroxylation is 2. The van der Waals surface area contributed by atoms with Gasteiger partial charge in [0, 0.05) is 17.1 Å². The normalized spacial score (nSPS) is 19.5. The van der Waals surface area contributed by atoms with Crippen LogP contribution in [0.5, 0.6) is 0 Å². The predicted molar refractivity (Wildman–Crippen MR) is 107 cm³/mol. The summed E-state index contributed by atoms with van der Waals surface area (Å²) in [5.41, 5.74) is 2.47. The fourth-order valence-electron chi connectivity index (χ4n) is 3.50. The maximum absolute atomic E-state index is 13.5. The van der Waals surface area contributed by atoms with Gasteiger partial charge in [0.2, 0.25) is 0 Å². The zero-order valence-corrected chi connectivity index (χ0v) is 17.5. The Kier molecular flexibility index (Phi) is 6.35. The topological polar surface area (TPSA) is 66.4 Å². The highest BCUT2D eigenvalue weighted by atomic mass is 79.9. The van der Waals surface area contributed by atoms with E-state index in [1.807, 2.05) is 19.1 Å². The van der Waals surface area contributed by atoms with Gasteiger partial charge in [-0.15, -0.1) is 0 Å². The summed E-state index contributed by atoms with van der Waals surface area (Å²) in [7, 11) is -3.24. The molecule has 3 rings (SSSR count). The Labute approximate surface area is 167 Å². The molecular formula is C20H23BrFNO3S. The molecule has 0 aromatic heterocycles. The lowest BCUT2D eigenvalue weighted by Gasteiger charge is -2.27. The van der Waals surface area contributed by atoms with Gasteiger partial charge in [-0.3, -0.25) is 0 Å². The van der Waals surface area contributed by atoms with Gasteiger partial charge in [-0.05, 0) is 73.2 Å². The molecular weight excluding hydrogens is 433 g/mol. The maximum atomic E-state index is 13.5. The number of hydrogen-bond donors (Lipinski definition) is 2. The van der Waals surface area contributed by atoms with Crippen LogP contribution in [0.1, 0.15) is 35.6 Å². The molecule has 27 heavy (non-hydrogen) atoms. The summed E-state index contributed by atoms with van der Waals surface area (Å²) in [6.07, 6.45) is 0.971. The quantitative estimate of drug-likeness (QED) is 0.696. The van der Waals surface area contributed by atoms with Gasteiger partial charge in [-0.2, -0.15) is 0 Å². The van der Waals surface area contributed by atoms with E-state index < -0.39 is 15.9 Å². The Bertz CT molecular complexity index is 913. The monoisotopic (exact) mass is 455 g/mol. The van der Waals surface area contributed by atoms with Gasteiger partial charge >= 0.3 is 0 Å². The molecule has 2 aromatic rings. The molecule has 1 aliphatic rings. The molecule has 2 N–H and O–H groups in total. The third-order valence-corrected chi connectivity index (χ3v) is 7.13. The van der Waals surface area contributed by atoms with Gasteiger partial charge in [0.25, 0.3) is 0 Å². The molecule has 1 aliphatic heterocycles. The summed E-state index contributed by atoms with van der Waals surface area (Å²) < 4.78 is 38.8. The van der Waals surface area contributed by atoms with Crippen LogP contribution in [0.25, 0.3) is 0 Å². The van der Waals surface area contributed by atoms with Gasteiger partial charge in [-0.1, -0.05) is 22.0 Å². The second-order valence-electron chi connectivity index (χ2n) is 7.08. The van der Waals surface area contributed by atoms with Crippen molar-refractivity contribution in [1.29, 1.82) is 0 Å². The predicted octanol–water partition coefficient (Wildman–Crippen LogP) is 3.70. The highest BCUT2D eigenvalue weighted by Gasteiger charge is 2.30. The van der Waals surface area contributed by atoms with E-state index in [-0.39, 0.29) is 17.6 Å². The van der Waals surface area contributed by atoms with Crippen molar-refractivity contribution in [3.8, 4) is 0 Å². The molecule has 2 atom stereocenters. The first kappa shape index (κ1) is 20.5. The second-order valence-corrected chi connectivity index (χ2v) is 10.1. The van der Waals surface area contributed by atoms with Crippen LogP contribution < -0.4 is 5.32 Å². The van der Waals surface area contributed by atoms with Crippen molar-refractivity contribution in [2.75, 3.05) is 12.3 Å². The summed E-state index contributed by atoms with van der Waals surface area (Å²) in [4.78, 5) is 0.360.